The highest BCUT2D eigenvalue weighted by molar-refractivity contribution is 5.75. The maximum Gasteiger partial charge on any atom is 0.311 e. The number of esters is 1. The highest BCUT2D eigenvalue weighted by Crippen LogP contribution is 2.18. The van der Waals surface area contributed by atoms with E-state index in [2.05, 4.69) is 0 Å². The number of ether oxygens (including phenoxy) is 1. The minimum atomic E-state index is -0.469. The van der Waals surface area contributed by atoms with Crippen LogP contribution in [0.5, 0.6) is 0 Å². The Morgan fingerprint density at radius 1 is 1.33 bits per heavy atom. The molecule has 0 aliphatic heterocycles. The Morgan fingerprint density at radius 3 is 2.47 bits per heavy atom. The van der Waals surface area contributed by atoms with Gasteiger partial charge in [-0.15, -0.1) is 0 Å². The largest absolute Gasteiger partial charge is 0.460 e. The molecule has 1 aromatic rings. The van der Waals surface area contributed by atoms with Crippen molar-refractivity contribution in [1.29, 1.82) is 0 Å². The van der Waals surface area contributed by atoms with Gasteiger partial charge in [-0.25, -0.2) is 0 Å². The highest BCUT2D eigenvalue weighted by atomic mass is 16.5. The minimum absolute atomic E-state index is 0.217. The lowest BCUT2D eigenvalue weighted by Gasteiger charge is -2.16. The quantitative estimate of drug-likeness (QED) is 0.598. The van der Waals surface area contributed by atoms with E-state index in [4.69, 9.17) is 10.5 Å². The maximum atomic E-state index is 11.5. The van der Waals surface area contributed by atoms with Crippen LogP contribution in [0, 0.1) is 5.41 Å². The summed E-state index contributed by atoms with van der Waals surface area (Å²) in [7, 11) is 0. The molecule has 0 fully saturated rings. The van der Waals surface area contributed by atoms with Gasteiger partial charge in [0.15, 0.2) is 0 Å². The van der Waals surface area contributed by atoms with Crippen LogP contribution in [0.3, 0.4) is 0 Å². The molecule has 0 amide bonds. The van der Waals surface area contributed by atoms with Crippen LogP contribution in [0.1, 0.15) is 26.3 Å². The molecule has 0 aliphatic carbocycles. The molecular weight excluding hydrogens is 190 g/mol. The lowest BCUT2D eigenvalue weighted by Crippen LogP contribution is -2.22. The molecule has 0 atom stereocenters. The van der Waals surface area contributed by atoms with E-state index in [0.29, 0.717) is 5.69 Å². The summed E-state index contributed by atoms with van der Waals surface area (Å²) in [5.41, 5.74) is 6.75. The number of nitrogens with two attached hydrogens (primary N) is 1. The Morgan fingerprint density at radius 2 is 1.93 bits per heavy atom. The topological polar surface area (TPSA) is 52.3 Å². The molecule has 0 saturated heterocycles. The Hall–Kier alpha value is -1.51. The first-order valence-electron chi connectivity index (χ1n) is 4.92. The van der Waals surface area contributed by atoms with Crippen LogP contribution in [0.2, 0.25) is 0 Å². The fourth-order valence-corrected chi connectivity index (χ4v) is 1.03. The number of anilines is 1. The van der Waals surface area contributed by atoms with Gasteiger partial charge < -0.3 is 10.5 Å². The molecule has 0 aromatic heterocycles. The van der Waals surface area contributed by atoms with Crippen molar-refractivity contribution in [3.8, 4) is 0 Å². The van der Waals surface area contributed by atoms with Gasteiger partial charge in [-0.3, -0.25) is 4.79 Å². The molecule has 0 aliphatic rings. The van der Waals surface area contributed by atoms with Crippen molar-refractivity contribution in [2.75, 3.05) is 5.73 Å². The van der Waals surface area contributed by atoms with E-state index in [9.17, 15) is 4.79 Å². The third kappa shape index (κ3) is 3.27. The molecule has 82 valence electrons. The molecule has 0 heterocycles. The smallest absolute Gasteiger partial charge is 0.311 e. The average molecular weight is 207 g/mol. The summed E-state index contributed by atoms with van der Waals surface area (Å²) in [6.07, 6.45) is 0. The van der Waals surface area contributed by atoms with Crippen molar-refractivity contribution in [2.45, 2.75) is 27.4 Å². The highest BCUT2D eigenvalue weighted by Gasteiger charge is 2.22. The van der Waals surface area contributed by atoms with E-state index >= 15 is 0 Å². The van der Waals surface area contributed by atoms with Crippen LogP contribution in [-0.2, 0) is 16.1 Å². The standard InChI is InChI=1S/C12H17NO2/c1-12(2,3)11(14)15-8-9-6-4-5-7-10(9)13/h4-7H,8,13H2,1-3H3. The van der Waals surface area contributed by atoms with Gasteiger partial charge in [-0.2, -0.15) is 0 Å². The van der Waals surface area contributed by atoms with Crippen LogP contribution in [0.15, 0.2) is 24.3 Å². The van der Waals surface area contributed by atoms with Gasteiger partial charge in [-0.1, -0.05) is 18.2 Å². The van der Waals surface area contributed by atoms with Crippen molar-refractivity contribution in [2.24, 2.45) is 5.41 Å². The number of carbonyl (C=O) groups is 1. The third-order valence-corrected chi connectivity index (χ3v) is 2.03. The summed E-state index contributed by atoms with van der Waals surface area (Å²) in [5, 5.41) is 0. The average Bonchev–Trinajstić information content (AvgIpc) is 2.14. The van der Waals surface area contributed by atoms with Crippen molar-refractivity contribution >= 4 is 11.7 Å². The number of rotatable bonds is 2. The Labute approximate surface area is 90.2 Å². The fraction of sp³-hybridized carbons (Fsp3) is 0.417. The van der Waals surface area contributed by atoms with Crippen molar-refractivity contribution < 1.29 is 9.53 Å². The van der Waals surface area contributed by atoms with Gasteiger partial charge in [0.05, 0.1) is 5.41 Å². The zero-order valence-corrected chi connectivity index (χ0v) is 9.41. The van der Waals surface area contributed by atoms with Crippen molar-refractivity contribution in [3.05, 3.63) is 29.8 Å². The van der Waals surface area contributed by atoms with Gasteiger partial charge in [0, 0.05) is 11.3 Å². The van der Waals surface area contributed by atoms with E-state index < -0.39 is 5.41 Å². The van der Waals surface area contributed by atoms with Crippen molar-refractivity contribution in [3.63, 3.8) is 0 Å². The number of hydrogen-bond acceptors (Lipinski definition) is 3. The van der Waals surface area contributed by atoms with Crippen LogP contribution >= 0.6 is 0 Å². The van der Waals surface area contributed by atoms with Gasteiger partial charge >= 0.3 is 5.97 Å². The summed E-state index contributed by atoms with van der Waals surface area (Å²) in [5.74, 6) is -0.217. The van der Waals surface area contributed by atoms with Gasteiger partial charge in [-0.05, 0) is 26.8 Å². The predicted octanol–water partition coefficient (Wildman–Crippen LogP) is 2.36. The molecule has 15 heavy (non-hydrogen) atoms. The second-order valence-electron chi connectivity index (χ2n) is 4.52. The van der Waals surface area contributed by atoms with Gasteiger partial charge in [0.25, 0.3) is 0 Å². The molecule has 3 nitrogen and oxygen atoms in total. The molecule has 0 unspecified atom stereocenters. The number of para-hydroxylation sites is 1. The minimum Gasteiger partial charge on any atom is -0.460 e. The van der Waals surface area contributed by atoms with Gasteiger partial charge in [0.2, 0.25) is 0 Å². The molecule has 1 aromatic carbocycles. The first-order chi connectivity index (χ1) is 6.91. The third-order valence-electron chi connectivity index (χ3n) is 2.03. The summed E-state index contributed by atoms with van der Waals surface area (Å²) < 4.78 is 5.15. The fourth-order valence-electron chi connectivity index (χ4n) is 1.03. The molecule has 3 heteroatoms. The van der Waals surface area contributed by atoms with Gasteiger partial charge in [0.1, 0.15) is 6.61 Å². The van der Waals surface area contributed by atoms with E-state index in [1.807, 2.05) is 39.0 Å². The Bertz CT molecular complexity index is 353. The first-order valence-corrected chi connectivity index (χ1v) is 4.92. The molecular formula is C12H17NO2. The van der Waals surface area contributed by atoms with Crippen LogP contribution in [0.25, 0.3) is 0 Å². The number of carbonyl (C=O) groups excluding carboxylic acids is 1. The monoisotopic (exact) mass is 207 g/mol. The second-order valence-corrected chi connectivity index (χ2v) is 4.52. The second kappa shape index (κ2) is 4.34. The van der Waals surface area contributed by atoms with E-state index in [1.165, 1.54) is 0 Å². The Kier molecular flexibility index (Phi) is 3.35. The van der Waals surface area contributed by atoms with Crippen LogP contribution in [-0.4, -0.2) is 5.97 Å². The SMILES string of the molecule is CC(C)(C)C(=O)OCc1ccccc1N. The van der Waals surface area contributed by atoms with Crippen LogP contribution in [0.4, 0.5) is 5.69 Å². The molecule has 0 saturated carbocycles. The number of hydrogen-bond donors (Lipinski definition) is 1. The molecule has 0 spiro atoms. The summed E-state index contributed by atoms with van der Waals surface area (Å²) in [4.78, 5) is 11.5. The molecule has 1 rings (SSSR count). The normalized spacial score (nSPS) is 11.1. The first kappa shape index (κ1) is 11.6. The van der Waals surface area contributed by atoms with E-state index in [1.54, 1.807) is 6.07 Å². The molecule has 0 bridgehead atoms. The Balaban J connectivity index is 2.59. The zero-order valence-electron chi connectivity index (χ0n) is 9.41. The molecule has 2 N–H and O–H groups in total. The van der Waals surface area contributed by atoms with Crippen LogP contribution < -0.4 is 5.73 Å². The maximum absolute atomic E-state index is 11.5. The lowest BCUT2D eigenvalue weighted by atomic mass is 9.97. The zero-order chi connectivity index (χ0) is 11.5. The molecule has 0 radical (unpaired) electrons. The number of benzene rings is 1. The predicted molar refractivity (Wildman–Crippen MR) is 60.1 cm³/mol. The number of nitrogen functional groups attached to an aromatic ring is 1. The lowest BCUT2D eigenvalue weighted by molar-refractivity contribution is -0.154. The summed E-state index contributed by atoms with van der Waals surface area (Å²) >= 11 is 0. The summed E-state index contributed by atoms with van der Waals surface area (Å²) in [6.45, 7) is 5.71. The summed E-state index contributed by atoms with van der Waals surface area (Å²) in [6, 6.07) is 7.37. The van der Waals surface area contributed by atoms with E-state index in [0.717, 1.165) is 5.56 Å². The van der Waals surface area contributed by atoms with E-state index in [-0.39, 0.29) is 12.6 Å². The van der Waals surface area contributed by atoms with Crippen molar-refractivity contribution in [1.82, 2.24) is 0 Å².